The average Bonchev–Trinajstić information content (AvgIpc) is 3.43. The van der Waals surface area contributed by atoms with Crippen LogP contribution in [0.5, 0.6) is 23.0 Å². The largest absolute Gasteiger partial charge is 0.497 e. The summed E-state index contributed by atoms with van der Waals surface area (Å²) in [6.45, 7) is 1.94. The van der Waals surface area contributed by atoms with Crippen LogP contribution in [-0.4, -0.2) is 45.4 Å². The Morgan fingerprint density at radius 2 is 1.63 bits per heavy atom. The number of ether oxygens (including phenoxy) is 4. The summed E-state index contributed by atoms with van der Waals surface area (Å²) in [5.74, 6) is 2.54. The van der Waals surface area contributed by atoms with Gasteiger partial charge in [0.15, 0.2) is 17.3 Å². The highest BCUT2D eigenvalue weighted by Crippen LogP contribution is 2.39. The Morgan fingerprint density at radius 3 is 2.29 bits per heavy atom. The molecule has 0 aliphatic carbocycles. The molecule has 0 saturated carbocycles. The smallest absolute Gasteiger partial charge is 0.163 e. The van der Waals surface area contributed by atoms with Gasteiger partial charge >= 0.3 is 0 Å². The van der Waals surface area contributed by atoms with Crippen molar-refractivity contribution in [3.8, 4) is 45.4 Å². The number of nitrogens with zero attached hydrogens (tertiary/aromatic N) is 1. The molecule has 0 amide bonds. The van der Waals surface area contributed by atoms with Gasteiger partial charge < -0.3 is 29.2 Å². The van der Waals surface area contributed by atoms with Gasteiger partial charge in [-0.15, -0.1) is 0 Å². The first-order valence-corrected chi connectivity index (χ1v) is 12.1. The van der Waals surface area contributed by atoms with E-state index in [1.165, 1.54) is 0 Å². The van der Waals surface area contributed by atoms with E-state index in [2.05, 4.69) is 5.16 Å². The number of nitrogens with two attached hydrogens (primary N) is 1. The number of benzene rings is 3. The third-order valence-corrected chi connectivity index (χ3v) is 6.49. The molecule has 1 atom stereocenters. The van der Waals surface area contributed by atoms with Gasteiger partial charge in [0.2, 0.25) is 0 Å². The van der Waals surface area contributed by atoms with Gasteiger partial charge in [0.05, 0.1) is 34.5 Å². The lowest BCUT2D eigenvalue weighted by Crippen LogP contribution is -2.34. The van der Waals surface area contributed by atoms with E-state index < -0.39 is 6.04 Å². The van der Waals surface area contributed by atoms with Gasteiger partial charge in [0.1, 0.15) is 23.5 Å². The molecule has 4 aromatic rings. The fourth-order valence-corrected chi connectivity index (χ4v) is 4.47. The summed E-state index contributed by atoms with van der Waals surface area (Å²) in [6.07, 6.45) is 2.15. The average molecular weight is 517 g/mol. The molecular formula is C30H32N2O6. The lowest BCUT2D eigenvalue weighted by molar-refractivity contribution is -0.119. The fraction of sp³-hybridized carbons (Fsp3) is 0.267. The number of ketones is 1. The quantitative estimate of drug-likeness (QED) is 0.296. The molecule has 0 bridgehead atoms. The second-order valence-electron chi connectivity index (χ2n) is 8.93. The van der Waals surface area contributed by atoms with Crippen LogP contribution in [0.25, 0.3) is 22.4 Å². The van der Waals surface area contributed by atoms with E-state index in [-0.39, 0.29) is 12.2 Å². The minimum atomic E-state index is -0.655. The highest BCUT2D eigenvalue weighted by molar-refractivity contribution is 5.88. The van der Waals surface area contributed by atoms with E-state index in [1.54, 1.807) is 34.7 Å². The SMILES string of the molecule is COc1ccc(CC(N)C(=O)Cc2cc(-c3conc3-c3cc(C)c(OC)c(OC)c3)ccc2OC)cc1. The highest BCUT2D eigenvalue weighted by atomic mass is 16.5. The van der Waals surface area contributed by atoms with Crippen LogP contribution in [0.4, 0.5) is 0 Å². The topological polar surface area (TPSA) is 106 Å². The van der Waals surface area contributed by atoms with Gasteiger partial charge in [0.25, 0.3) is 0 Å². The monoisotopic (exact) mass is 516 g/mol. The molecule has 0 radical (unpaired) electrons. The predicted octanol–water partition coefficient (Wildman–Crippen LogP) is 5.03. The Morgan fingerprint density at radius 1 is 0.895 bits per heavy atom. The van der Waals surface area contributed by atoms with Gasteiger partial charge in [-0.1, -0.05) is 23.4 Å². The Balaban J connectivity index is 1.60. The normalized spacial score (nSPS) is 11.6. The zero-order valence-electron chi connectivity index (χ0n) is 22.2. The van der Waals surface area contributed by atoms with E-state index in [9.17, 15) is 4.79 Å². The van der Waals surface area contributed by atoms with E-state index in [0.29, 0.717) is 29.4 Å². The number of aromatic nitrogens is 1. The first kappa shape index (κ1) is 26.8. The molecule has 198 valence electrons. The standard InChI is InChI=1S/C30H32N2O6/c1-18-12-22(16-28(36-4)30(18)37-5)29-24(17-38-32-29)20-8-11-27(35-3)21(14-20)15-26(33)25(31)13-19-6-9-23(34-2)10-7-19/h6-12,14,16-17,25H,13,15,31H2,1-5H3. The van der Waals surface area contributed by atoms with Gasteiger partial charge in [-0.05, 0) is 66.4 Å². The van der Waals surface area contributed by atoms with Crippen LogP contribution < -0.4 is 24.7 Å². The first-order valence-electron chi connectivity index (χ1n) is 12.1. The van der Waals surface area contributed by atoms with E-state index >= 15 is 0 Å². The summed E-state index contributed by atoms with van der Waals surface area (Å²) in [5, 5.41) is 4.26. The lowest BCUT2D eigenvalue weighted by Gasteiger charge is -2.15. The van der Waals surface area contributed by atoms with Crippen molar-refractivity contribution in [3.05, 3.63) is 77.6 Å². The van der Waals surface area contributed by atoms with Crippen LogP contribution in [0.3, 0.4) is 0 Å². The van der Waals surface area contributed by atoms with E-state index in [1.807, 2.05) is 61.5 Å². The maximum Gasteiger partial charge on any atom is 0.163 e. The summed E-state index contributed by atoms with van der Waals surface area (Å²) >= 11 is 0. The Kier molecular flexibility index (Phi) is 8.33. The summed E-state index contributed by atoms with van der Waals surface area (Å²) in [6, 6.07) is 16.4. The Hall–Kier alpha value is -4.30. The number of carbonyl (C=O) groups excluding carboxylic acids is 1. The zero-order valence-corrected chi connectivity index (χ0v) is 22.2. The third kappa shape index (κ3) is 5.65. The maximum absolute atomic E-state index is 13.1. The molecule has 0 aliphatic rings. The molecule has 4 rings (SSSR count). The number of aryl methyl sites for hydroxylation is 1. The second-order valence-corrected chi connectivity index (χ2v) is 8.93. The zero-order chi connectivity index (χ0) is 27.2. The van der Waals surface area contributed by atoms with Crippen LogP contribution in [0.15, 0.2) is 65.4 Å². The van der Waals surface area contributed by atoms with Crippen LogP contribution in [0, 0.1) is 6.92 Å². The number of methoxy groups -OCH3 is 4. The number of hydrogen-bond donors (Lipinski definition) is 1. The van der Waals surface area contributed by atoms with Crippen molar-refractivity contribution in [2.45, 2.75) is 25.8 Å². The molecule has 8 nitrogen and oxygen atoms in total. The van der Waals surface area contributed by atoms with Crippen molar-refractivity contribution in [1.82, 2.24) is 5.16 Å². The van der Waals surface area contributed by atoms with Crippen LogP contribution in [0.2, 0.25) is 0 Å². The first-order chi connectivity index (χ1) is 18.4. The number of rotatable bonds is 11. The molecule has 3 aromatic carbocycles. The number of hydrogen-bond acceptors (Lipinski definition) is 8. The number of Topliss-reactive ketones (excluding diaryl/α,β-unsaturated/α-hetero) is 1. The summed E-state index contributed by atoms with van der Waals surface area (Å²) in [7, 11) is 6.40. The fourth-order valence-electron chi connectivity index (χ4n) is 4.47. The van der Waals surface area contributed by atoms with E-state index in [0.717, 1.165) is 39.1 Å². The van der Waals surface area contributed by atoms with Crippen molar-refractivity contribution in [2.75, 3.05) is 28.4 Å². The van der Waals surface area contributed by atoms with Crippen molar-refractivity contribution in [1.29, 1.82) is 0 Å². The molecule has 1 aromatic heterocycles. The minimum absolute atomic E-state index is 0.0858. The minimum Gasteiger partial charge on any atom is -0.497 e. The molecule has 0 spiro atoms. The molecule has 0 fully saturated rings. The maximum atomic E-state index is 13.1. The molecule has 1 unspecified atom stereocenters. The molecule has 2 N–H and O–H groups in total. The van der Waals surface area contributed by atoms with Crippen molar-refractivity contribution in [2.24, 2.45) is 5.73 Å². The molecule has 0 saturated heterocycles. The van der Waals surface area contributed by atoms with Gasteiger partial charge in [-0.25, -0.2) is 0 Å². The third-order valence-electron chi connectivity index (χ3n) is 6.49. The van der Waals surface area contributed by atoms with Gasteiger partial charge in [0, 0.05) is 23.1 Å². The molecular weight excluding hydrogens is 484 g/mol. The second kappa shape index (κ2) is 11.8. The van der Waals surface area contributed by atoms with Crippen molar-refractivity contribution in [3.63, 3.8) is 0 Å². The molecule has 38 heavy (non-hydrogen) atoms. The van der Waals surface area contributed by atoms with Crippen molar-refractivity contribution < 1.29 is 28.3 Å². The van der Waals surface area contributed by atoms with Crippen LogP contribution in [0.1, 0.15) is 16.7 Å². The van der Waals surface area contributed by atoms with Crippen molar-refractivity contribution >= 4 is 5.78 Å². The highest BCUT2D eigenvalue weighted by Gasteiger charge is 2.20. The van der Waals surface area contributed by atoms with Crippen LogP contribution in [-0.2, 0) is 17.6 Å². The van der Waals surface area contributed by atoms with Gasteiger partial charge in [-0.3, -0.25) is 4.79 Å². The predicted molar refractivity (Wildman–Crippen MR) is 145 cm³/mol. The lowest BCUT2D eigenvalue weighted by atomic mass is 9.94. The molecule has 1 heterocycles. The van der Waals surface area contributed by atoms with Crippen LogP contribution >= 0.6 is 0 Å². The summed E-state index contributed by atoms with van der Waals surface area (Å²) in [5.41, 5.74) is 12.0. The Labute approximate surface area is 222 Å². The summed E-state index contributed by atoms with van der Waals surface area (Å²) < 4.78 is 27.1. The number of carbonyl (C=O) groups is 1. The Bertz CT molecular complexity index is 1410. The van der Waals surface area contributed by atoms with Gasteiger partial charge in [-0.2, -0.15) is 0 Å². The van der Waals surface area contributed by atoms with E-state index in [4.69, 9.17) is 29.2 Å². The molecule has 8 heteroatoms. The summed E-state index contributed by atoms with van der Waals surface area (Å²) in [4.78, 5) is 13.1. The molecule has 0 aliphatic heterocycles.